The molecule has 2 N–H and O–H groups in total. The molecule has 0 aliphatic rings. The molecule has 0 aromatic carbocycles. The molecule has 2 rings (SSSR count). The number of allylic oxidation sites excluding steroid dienone is 3. The van der Waals surface area contributed by atoms with Crippen molar-refractivity contribution >= 4 is 17.0 Å². The van der Waals surface area contributed by atoms with Gasteiger partial charge in [-0.25, -0.2) is 9.67 Å². The molecule has 2 heterocycles. The van der Waals surface area contributed by atoms with E-state index in [2.05, 4.69) is 39.4 Å². The summed E-state index contributed by atoms with van der Waals surface area (Å²) < 4.78 is 1.74. The molecular formula is C13H18N6. The van der Waals surface area contributed by atoms with E-state index in [0.717, 1.165) is 29.1 Å². The van der Waals surface area contributed by atoms with Crippen molar-refractivity contribution in [2.75, 3.05) is 12.4 Å². The molecule has 2 aromatic rings. The van der Waals surface area contributed by atoms with Gasteiger partial charge in [0.2, 0.25) is 0 Å². The van der Waals surface area contributed by atoms with Crippen molar-refractivity contribution in [1.82, 2.24) is 25.3 Å². The van der Waals surface area contributed by atoms with Crippen LogP contribution in [0, 0.1) is 0 Å². The summed E-state index contributed by atoms with van der Waals surface area (Å²) in [6.07, 6.45) is 4.63. The fraction of sp³-hybridized carbons (Fsp3) is 0.308. The van der Waals surface area contributed by atoms with E-state index >= 15 is 0 Å². The van der Waals surface area contributed by atoms with Crippen LogP contribution in [0.4, 0.5) is 5.82 Å². The third-order valence-corrected chi connectivity index (χ3v) is 2.77. The molecule has 0 atom stereocenters. The minimum atomic E-state index is 0.532. The molecule has 6 nitrogen and oxygen atoms in total. The monoisotopic (exact) mass is 258 g/mol. The number of hydrogen-bond donors (Lipinski definition) is 2. The third-order valence-electron chi connectivity index (χ3n) is 2.77. The van der Waals surface area contributed by atoms with Crippen molar-refractivity contribution in [2.45, 2.75) is 20.0 Å². The highest BCUT2D eigenvalue weighted by Crippen LogP contribution is 2.11. The number of aromatic nitrogens is 4. The van der Waals surface area contributed by atoms with Gasteiger partial charge in [0.25, 0.3) is 0 Å². The Labute approximate surface area is 112 Å². The molecule has 0 aliphatic heterocycles. The lowest BCUT2D eigenvalue weighted by Gasteiger charge is -2.08. The van der Waals surface area contributed by atoms with Crippen molar-refractivity contribution in [3.63, 3.8) is 0 Å². The van der Waals surface area contributed by atoms with Crippen molar-refractivity contribution in [2.24, 2.45) is 0 Å². The van der Waals surface area contributed by atoms with E-state index in [4.69, 9.17) is 0 Å². The van der Waals surface area contributed by atoms with Gasteiger partial charge in [0.1, 0.15) is 18.0 Å². The van der Waals surface area contributed by atoms with Crippen molar-refractivity contribution in [1.29, 1.82) is 0 Å². The van der Waals surface area contributed by atoms with Gasteiger partial charge >= 0.3 is 0 Å². The highest BCUT2D eigenvalue weighted by Gasteiger charge is 2.06. The third kappa shape index (κ3) is 2.90. The second-order valence-corrected chi connectivity index (χ2v) is 3.99. The first-order valence-corrected chi connectivity index (χ1v) is 6.22. The van der Waals surface area contributed by atoms with Crippen molar-refractivity contribution in [3.8, 4) is 0 Å². The first kappa shape index (κ1) is 13.1. The minimum Gasteiger partial charge on any atom is -0.373 e. The summed E-state index contributed by atoms with van der Waals surface area (Å²) >= 11 is 0. The largest absolute Gasteiger partial charge is 0.373 e. The Bertz CT molecular complexity index is 598. The van der Waals surface area contributed by atoms with Gasteiger partial charge < -0.3 is 10.6 Å². The number of nitrogens with one attached hydrogen (secondary N) is 2. The molecule has 0 aliphatic carbocycles. The lowest BCUT2D eigenvalue weighted by Crippen LogP contribution is -2.19. The number of hydrogen-bond acceptors (Lipinski definition) is 5. The fourth-order valence-corrected chi connectivity index (χ4v) is 1.72. The molecule has 0 amide bonds. The zero-order valence-electron chi connectivity index (χ0n) is 11.2. The summed E-state index contributed by atoms with van der Waals surface area (Å²) in [5, 5.41) is 14.5. The molecule has 100 valence electrons. The molecule has 0 saturated heterocycles. The first-order chi connectivity index (χ1) is 9.28. The van der Waals surface area contributed by atoms with Gasteiger partial charge in [0.05, 0.1) is 0 Å². The van der Waals surface area contributed by atoms with E-state index in [0.29, 0.717) is 6.67 Å². The predicted molar refractivity (Wildman–Crippen MR) is 76.6 cm³/mol. The van der Waals surface area contributed by atoms with Crippen LogP contribution in [0.3, 0.4) is 0 Å². The molecule has 19 heavy (non-hydrogen) atoms. The second-order valence-electron chi connectivity index (χ2n) is 3.99. The zero-order valence-corrected chi connectivity index (χ0v) is 11.2. The van der Waals surface area contributed by atoms with Gasteiger partial charge in [-0.3, -0.25) is 0 Å². The summed E-state index contributed by atoms with van der Waals surface area (Å²) in [5.41, 5.74) is 2.64. The maximum Gasteiger partial charge on any atom is 0.182 e. The average molecular weight is 258 g/mol. The Hall–Kier alpha value is -2.37. The van der Waals surface area contributed by atoms with E-state index in [1.807, 2.05) is 25.3 Å². The van der Waals surface area contributed by atoms with Crippen LogP contribution >= 0.6 is 0 Å². The molecule has 0 fully saturated rings. The van der Waals surface area contributed by atoms with Crippen LogP contribution in [0.1, 0.15) is 13.3 Å². The molecule has 6 heteroatoms. The quantitative estimate of drug-likeness (QED) is 0.774. The lowest BCUT2D eigenvalue weighted by molar-refractivity contribution is 0.544. The molecule has 2 aromatic heterocycles. The Morgan fingerprint density at radius 1 is 1.47 bits per heavy atom. The van der Waals surface area contributed by atoms with Gasteiger partial charge in [-0.2, -0.15) is 0 Å². The summed E-state index contributed by atoms with van der Waals surface area (Å²) in [4.78, 5) is 4.45. The highest BCUT2D eigenvalue weighted by atomic mass is 15.5. The fourth-order valence-electron chi connectivity index (χ4n) is 1.72. The van der Waals surface area contributed by atoms with Crippen molar-refractivity contribution in [3.05, 3.63) is 36.6 Å². The standard InChI is InChI=1S/C13H18N6/c1-4-6-10(5-2)15-9-19-13-11(17-18-19)7-8-12(14-3)16-13/h4,6-8,15H,1,5,9H2,2-3H3,(H,14,16)/b10-6+. The second kappa shape index (κ2) is 5.99. The van der Waals surface area contributed by atoms with E-state index in [-0.39, 0.29) is 0 Å². The number of pyridine rings is 1. The molecule has 0 saturated carbocycles. The van der Waals surface area contributed by atoms with E-state index < -0.39 is 0 Å². The average Bonchev–Trinajstić information content (AvgIpc) is 2.85. The van der Waals surface area contributed by atoms with Gasteiger partial charge in [0.15, 0.2) is 5.65 Å². The summed E-state index contributed by atoms with van der Waals surface area (Å²) in [7, 11) is 1.84. The Morgan fingerprint density at radius 3 is 3.00 bits per heavy atom. The normalized spacial score (nSPS) is 11.6. The van der Waals surface area contributed by atoms with E-state index in [1.54, 1.807) is 10.8 Å². The molecule has 0 radical (unpaired) electrons. The summed E-state index contributed by atoms with van der Waals surface area (Å²) in [6, 6.07) is 3.78. The maximum absolute atomic E-state index is 4.45. The van der Waals surface area contributed by atoms with Gasteiger partial charge in [-0.15, -0.1) is 5.10 Å². The van der Waals surface area contributed by atoms with Gasteiger partial charge in [-0.05, 0) is 24.6 Å². The number of nitrogens with zero attached hydrogens (tertiary/aromatic N) is 4. The summed E-state index contributed by atoms with van der Waals surface area (Å²) in [6.45, 7) is 6.31. The number of rotatable bonds is 6. The SMILES string of the molecule is C=C/C=C(\CC)NCn1nnc2ccc(NC)nc21. The van der Waals surface area contributed by atoms with Crippen LogP contribution < -0.4 is 10.6 Å². The van der Waals surface area contributed by atoms with E-state index in [1.165, 1.54) is 0 Å². The van der Waals surface area contributed by atoms with Crippen LogP contribution in [0.5, 0.6) is 0 Å². The smallest absolute Gasteiger partial charge is 0.182 e. The van der Waals surface area contributed by atoms with Crippen LogP contribution in [0.2, 0.25) is 0 Å². The van der Waals surface area contributed by atoms with Crippen LogP contribution in [0.15, 0.2) is 36.6 Å². The molecule has 0 spiro atoms. The van der Waals surface area contributed by atoms with Crippen LogP contribution in [-0.4, -0.2) is 27.0 Å². The lowest BCUT2D eigenvalue weighted by atomic mass is 10.3. The van der Waals surface area contributed by atoms with Gasteiger partial charge in [0, 0.05) is 12.7 Å². The number of anilines is 1. The molecular weight excluding hydrogens is 240 g/mol. The topological polar surface area (TPSA) is 67.7 Å². The van der Waals surface area contributed by atoms with E-state index in [9.17, 15) is 0 Å². The molecule has 0 bridgehead atoms. The Morgan fingerprint density at radius 2 is 2.32 bits per heavy atom. The van der Waals surface area contributed by atoms with Crippen LogP contribution in [-0.2, 0) is 6.67 Å². The zero-order chi connectivity index (χ0) is 13.7. The maximum atomic E-state index is 4.45. The highest BCUT2D eigenvalue weighted by molar-refractivity contribution is 5.71. The Kier molecular flexibility index (Phi) is 4.12. The van der Waals surface area contributed by atoms with Crippen molar-refractivity contribution < 1.29 is 0 Å². The summed E-state index contributed by atoms with van der Waals surface area (Å²) in [5.74, 6) is 0.799. The molecule has 0 unspecified atom stereocenters. The van der Waals surface area contributed by atoms with Gasteiger partial charge in [-0.1, -0.05) is 24.8 Å². The predicted octanol–water partition coefficient (Wildman–Crippen LogP) is 1.89. The number of fused-ring (bicyclic) bond motifs is 1. The Balaban J connectivity index is 2.20. The first-order valence-electron chi connectivity index (χ1n) is 6.22. The minimum absolute atomic E-state index is 0.532. The van der Waals surface area contributed by atoms with Crippen LogP contribution in [0.25, 0.3) is 11.2 Å².